The Bertz CT molecular complexity index is 899. The summed E-state index contributed by atoms with van der Waals surface area (Å²) in [6.07, 6.45) is 2.48. The number of methoxy groups -OCH3 is 1. The molecule has 0 N–H and O–H groups in total. The highest BCUT2D eigenvalue weighted by Crippen LogP contribution is 2.27. The average Bonchev–Trinajstić information content (AvgIpc) is 3.06. The van der Waals surface area contributed by atoms with Gasteiger partial charge in [0.2, 0.25) is 0 Å². The van der Waals surface area contributed by atoms with E-state index in [4.69, 9.17) is 10.00 Å². The molecule has 3 rings (SSSR count). The van der Waals surface area contributed by atoms with E-state index in [2.05, 4.69) is 41.5 Å². The summed E-state index contributed by atoms with van der Waals surface area (Å²) < 4.78 is 7.34. The van der Waals surface area contributed by atoms with Crippen LogP contribution < -0.4 is 4.74 Å². The van der Waals surface area contributed by atoms with Gasteiger partial charge in [0.1, 0.15) is 5.75 Å². The van der Waals surface area contributed by atoms with Gasteiger partial charge in [0.15, 0.2) is 0 Å². The number of nitrogens with zero attached hydrogens (tertiary/aromatic N) is 2. The van der Waals surface area contributed by atoms with Crippen LogP contribution in [0.2, 0.25) is 0 Å². The molecule has 0 atom stereocenters. The number of hydrogen-bond donors (Lipinski definition) is 0. The van der Waals surface area contributed by atoms with E-state index in [1.165, 1.54) is 0 Å². The maximum atomic E-state index is 8.78. The highest BCUT2D eigenvalue weighted by atomic mass is 16.5. The maximum Gasteiger partial charge on any atom is 0.119 e. The molecule has 1 heterocycles. The number of benzene rings is 2. The van der Waals surface area contributed by atoms with Gasteiger partial charge >= 0.3 is 0 Å². The third kappa shape index (κ3) is 2.97. The second-order valence-corrected chi connectivity index (χ2v) is 5.40. The van der Waals surface area contributed by atoms with Crippen molar-refractivity contribution in [1.29, 1.82) is 5.26 Å². The summed E-state index contributed by atoms with van der Waals surface area (Å²) in [6.45, 7) is 4.93. The number of aromatic nitrogens is 1. The molecule has 0 aliphatic heterocycles. The molecule has 23 heavy (non-hydrogen) atoms. The second-order valence-electron chi connectivity index (χ2n) is 5.40. The molecule has 3 nitrogen and oxygen atoms in total. The van der Waals surface area contributed by atoms with E-state index in [0.29, 0.717) is 13.0 Å². The van der Waals surface area contributed by atoms with Crippen LogP contribution in [0.3, 0.4) is 0 Å². The largest absolute Gasteiger partial charge is 0.497 e. The summed E-state index contributed by atoms with van der Waals surface area (Å²) in [6, 6.07) is 18.6. The van der Waals surface area contributed by atoms with Crippen LogP contribution in [0.25, 0.3) is 16.3 Å². The minimum absolute atomic E-state index is 0.493. The van der Waals surface area contributed by atoms with E-state index in [9.17, 15) is 0 Å². The van der Waals surface area contributed by atoms with E-state index in [1.54, 1.807) is 7.11 Å². The van der Waals surface area contributed by atoms with E-state index >= 15 is 0 Å². The van der Waals surface area contributed by atoms with E-state index in [1.807, 2.05) is 30.5 Å². The van der Waals surface area contributed by atoms with Gasteiger partial charge in [-0.25, -0.2) is 0 Å². The molecule has 0 unspecified atom stereocenters. The van der Waals surface area contributed by atoms with Crippen molar-refractivity contribution in [2.24, 2.45) is 0 Å². The molecule has 2 aromatic carbocycles. The van der Waals surface area contributed by atoms with E-state index < -0.39 is 0 Å². The van der Waals surface area contributed by atoms with Gasteiger partial charge in [-0.3, -0.25) is 0 Å². The first-order chi connectivity index (χ1) is 11.2. The molecule has 0 aliphatic carbocycles. The fourth-order valence-electron chi connectivity index (χ4n) is 2.74. The first kappa shape index (κ1) is 14.9. The van der Waals surface area contributed by atoms with Crippen molar-refractivity contribution in [3.8, 4) is 11.8 Å². The van der Waals surface area contributed by atoms with Crippen molar-refractivity contribution in [2.75, 3.05) is 7.11 Å². The molecule has 0 fully saturated rings. The highest BCUT2D eigenvalue weighted by Gasteiger charge is 2.08. The number of hydrogen-bond acceptors (Lipinski definition) is 2. The van der Waals surface area contributed by atoms with Crippen LogP contribution in [0.4, 0.5) is 0 Å². The molecule has 0 amide bonds. The zero-order valence-electron chi connectivity index (χ0n) is 13.1. The van der Waals surface area contributed by atoms with E-state index in [0.717, 1.165) is 33.4 Å². The number of ether oxygens (including phenoxy) is 1. The molecule has 3 heteroatoms. The van der Waals surface area contributed by atoms with Crippen LogP contribution in [0.15, 0.2) is 61.3 Å². The van der Waals surface area contributed by atoms with E-state index in [-0.39, 0.29) is 0 Å². The molecule has 0 saturated carbocycles. The Balaban J connectivity index is 1.95. The van der Waals surface area contributed by atoms with Crippen LogP contribution in [-0.4, -0.2) is 11.7 Å². The van der Waals surface area contributed by atoms with Crippen molar-refractivity contribution in [2.45, 2.75) is 13.0 Å². The number of nitriles is 1. The molecule has 1 aromatic heterocycles. The summed E-state index contributed by atoms with van der Waals surface area (Å²) in [5, 5.41) is 11.1. The zero-order chi connectivity index (χ0) is 16.2. The topological polar surface area (TPSA) is 38.0 Å². The molecule has 3 aromatic rings. The lowest BCUT2D eigenvalue weighted by molar-refractivity contribution is 0.415. The molecule has 114 valence electrons. The van der Waals surface area contributed by atoms with Gasteiger partial charge in [-0.15, -0.1) is 0 Å². The molecule has 0 aliphatic rings. The molecule has 0 saturated heterocycles. The number of rotatable bonds is 5. The maximum absolute atomic E-state index is 8.78. The van der Waals surface area contributed by atoms with Gasteiger partial charge in [0.25, 0.3) is 0 Å². The van der Waals surface area contributed by atoms with Gasteiger partial charge < -0.3 is 9.30 Å². The van der Waals surface area contributed by atoms with Gasteiger partial charge in [-0.05, 0) is 52.2 Å². The monoisotopic (exact) mass is 302 g/mol. The predicted octanol–water partition coefficient (Wildman–Crippen LogP) is 4.63. The SMILES string of the molecule is C=C(c1ccc2cc(OC)ccc2c1)c1cccn1CCC#N. The summed E-state index contributed by atoms with van der Waals surface area (Å²) >= 11 is 0. The Morgan fingerprint density at radius 3 is 2.74 bits per heavy atom. The lowest BCUT2D eigenvalue weighted by atomic mass is 10.00. The number of aryl methyl sites for hydroxylation is 1. The standard InChI is InChI=1S/C20H18N2O/c1-15(20-5-3-11-22(20)12-4-10-21)16-6-7-18-14-19(23-2)9-8-17(18)13-16/h3,5-9,11,13-14H,1,4,12H2,2H3. The van der Waals surface area contributed by atoms with Crippen molar-refractivity contribution < 1.29 is 4.74 Å². The molecular formula is C20H18N2O. The van der Waals surface area contributed by atoms with Crippen LogP contribution in [0.1, 0.15) is 17.7 Å². The van der Waals surface area contributed by atoms with Crippen molar-refractivity contribution in [1.82, 2.24) is 4.57 Å². The number of fused-ring (bicyclic) bond motifs is 1. The molecule has 0 bridgehead atoms. The van der Waals surface area contributed by atoms with Gasteiger partial charge in [0.05, 0.1) is 19.6 Å². The molecule has 0 radical (unpaired) electrons. The minimum atomic E-state index is 0.493. The minimum Gasteiger partial charge on any atom is -0.497 e. The Morgan fingerprint density at radius 2 is 1.96 bits per heavy atom. The normalized spacial score (nSPS) is 10.4. The smallest absolute Gasteiger partial charge is 0.119 e. The Kier molecular flexibility index (Phi) is 4.16. The first-order valence-corrected chi connectivity index (χ1v) is 7.52. The van der Waals surface area contributed by atoms with Gasteiger partial charge in [-0.2, -0.15) is 5.26 Å². The predicted molar refractivity (Wildman–Crippen MR) is 93.3 cm³/mol. The zero-order valence-corrected chi connectivity index (χ0v) is 13.1. The van der Waals surface area contributed by atoms with Crippen molar-refractivity contribution in [3.05, 3.63) is 72.6 Å². The third-order valence-corrected chi connectivity index (χ3v) is 4.00. The molecule has 0 spiro atoms. The van der Waals surface area contributed by atoms with Crippen LogP contribution >= 0.6 is 0 Å². The lowest BCUT2D eigenvalue weighted by Crippen LogP contribution is -2.01. The van der Waals surface area contributed by atoms with Gasteiger partial charge in [-0.1, -0.05) is 24.8 Å². The van der Waals surface area contributed by atoms with Crippen molar-refractivity contribution in [3.63, 3.8) is 0 Å². The summed E-state index contributed by atoms with van der Waals surface area (Å²) in [7, 11) is 1.67. The van der Waals surface area contributed by atoms with Gasteiger partial charge in [0, 0.05) is 18.4 Å². The summed E-state index contributed by atoms with van der Waals surface area (Å²) in [5.74, 6) is 0.856. The van der Waals surface area contributed by atoms with Crippen LogP contribution in [0, 0.1) is 11.3 Å². The fourth-order valence-corrected chi connectivity index (χ4v) is 2.74. The third-order valence-electron chi connectivity index (χ3n) is 4.00. The highest BCUT2D eigenvalue weighted by molar-refractivity contribution is 5.89. The Morgan fingerprint density at radius 1 is 1.17 bits per heavy atom. The average molecular weight is 302 g/mol. The Hall–Kier alpha value is -2.99. The molecular weight excluding hydrogens is 284 g/mol. The fraction of sp³-hybridized carbons (Fsp3) is 0.150. The second kappa shape index (κ2) is 6.41. The Labute approximate surface area is 136 Å². The van der Waals surface area contributed by atoms with Crippen LogP contribution in [-0.2, 0) is 6.54 Å². The first-order valence-electron chi connectivity index (χ1n) is 7.52. The lowest BCUT2D eigenvalue weighted by Gasteiger charge is -2.11. The quantitative estimate of drug-likeness (QED) is 0.689. The van der Waals surface area contributed by atoms with Crippen LogP contribution in [0.5, 0.6) is 5.75 Å². The summed E-state index contributed by atoms with van der Waals surface area (Å²) in [5.41, 5.74) is 3.10. The van der Waals surface area contributed by atoms with Crippen molar-refractivity contribution >= 4 is 16.3 Å². The summed E-state index contributed by atoms with van der Waals surface area (Å²) in [4.78, 5) is 0.